The highest BCUT2D eigenvalue weighted by molar-refractivity contribution is 6.28. The summed E-state index contributed by atoms with van der Waals surface area (Å²) in [6.45, 7) is 1.68. The Hall–Kier alpha value is -1.13. The molecular weight excluding hydrogens is 226 g/mol. The average molecular weight is 238 g/mol. The van der Waals surface area contributed by atoms with E-state index in [9.17, 15) is 0 Å². The fraction of sp³-hybridized carbons (Fsp3) is 0.455. The molecule has 0 unspecified atom stereocenters. The van der Waals surface area contributed by atoms with E-state index in [-0.39, 0.29) is 0 Å². The summed E-state index contributed by atoms with van der Waals surface area (Å²) in [6, 6.07) is 2.07. The van der Waals surface area contributed by atoms with Crippen LogP contribution in [-0.2, 0) is 4.74 Å². The van der Waals surface area contributed by atoms with Crippen LogP contribution in [0.1, 0.15) is 24.5 Å². The van der Waals surface area contributed by atoms with E-state index in [0.29, 0.717) is 11.2 Å². The van der Waals surface area contributed by atoms with Crippen molar-refractivity contribution in [2.75, 3.05) is 13.2 Å². The first-order valence-electron chi connectivity index (χ1n) is 5.42. The third-order valence-corrected chi connectivity index (χ3v) is 3.20. The fourth-order valence-electron chi connectivity index (χ4n) is 2.15. The van der Waals surface area contributed by atoms with E-state index >= 15 is 0 Å². The number of rotatable bonds is 1. The largest absolute Gasteiger partial charge is 0.381 e. The Bertz CT molecular complexity index is 505. The van der Waals surface area contributed by atoms with Crippen LogP contribution in [0.5, 0.6) is 0 Å². The molecule has 84 valence electrons. The molecule has 0 aliphatic carbocycles. The van der Waals surface area contributed by atoms with Crippen LogP contribution in [0.25, 0.3) is 11.0 Å². The van der Waals surface area contributed by atoms with Crippen molar-refractivity contribution in [1.82, 2.24) is 15.0 Å². The van der Waals surface area contributed by atoms with Gasteiger partial charge in [-0.25, -0.2) is 9.97 Å². The number of hydrogen-bond acceptors (Lipinski definition) is 3. The number of aromatic nitrogens is 3. The van der Waals surface area contributed by atoms with E-state index in [4.69, 9.17) is 16.3 Å². The molecule has 5 heteroatoms. The minimum Gasteiger partial charge on any atom is -0.381 e. The number of nitrogens with zero attached hydrogens (tertiary/aromatic N) is 2. The van der Waals surface area contributed by atoms with Crippen molar-refractivity contribution >= 4 is 22.6 Å². The number of nitrogens with one attached hydrogen (secondary N) is 1. The molecule has 16 heavy (non-hydrogen) atoms. The summed E-state index contributed by atoms with van der Waals surface area (Å²) in [7, 11) is 0. The van der Waals surface area contributed by atoms with E-state index in [1.807, 2.05) is 0 Å². The predicted octanol–water partition coefficient (Wildman–Crippen LogP) is 2.51. The molecule has 2 aromatic rings. The van der Waals surface area contributed by atoms with E-state index in [1.54, 1.807) is 6.20 Å². The molecule has 0 saturated carbocycles. The fourth-order valence-corrected chi connectivity index (χ4v) is 2.29. The van der Waals surface area contributed by atoms with Gasteiger partial charge < -0.3 is 9.72 Å². The molecule has 3 rings (SSSR count). The van der Waals surface area contributed by atoms with Crippen LogP contribution in [0.3, 0.4) is 0 Å². The van der Waals surface area contributed by atoms with Crippen molar-refractivity contribution in [3.63, 3.8) is 0 Å². The monoisotopic (exact) mass is 237 g/mol. The Balaban J connectivity index is 1.97. The minimum atomic E-state index is 0.296. The van der Waals surface area contributed by atoms with Crippen LogP contribution in [0.4, 0.5) is 0 Å². The van der Waals surface area contributed by atoms with Gasteiger partial charge in [0, 0.05) is 24.8 Å². The van der Waals surface area contributed by atoms with Crippen LogP contribution in [0.15, 0.2) is 12.3 Å². The maximum atomic E-state index is 5.76. The standard InChI is InChI=1S/C11H12ClN3O/c12-11-13-6-10-9(15-11)5-8(14-10)7-1-3-16-4-2-7/h5-7,14H,1-4H2. The zero-order chi connectivity index (χ0) is 11.0. The van der Waals surface area contributed by atoms with Crippen molar-refractivity contribution in [2.45, 2.75) is 18.8 Å². The number of aromatic amines is 1. The van der Waals surface area contributed by atoms with E-state index in [2.05, 4.69) is 21.0 Å². The SMILES string of the molecule is Clc1ncc2[nH]c(C3CCOCC3)cc2n1. The smallest absolute Gasteiger partial charge is 0.223 e. The maximum absolute atomic E-state index is 5.76. The lowest BCUT2D eigenvalue weighted by Gasteiger charge is -2.20. The summed E-state index contributed by atoms with van der Waals surface area (Å²) in [5.74, 6) is 0.543. The van der Waals surface area contributed by atoms with Gasteiger partial charge in [0.25, 0.3) is 0 Å². The second-order valence-corrected chi connectivity index (χ2v) is 4.39. The van der Waals surface area contributed by atoms with Gasteiger partial charge in [-0.15, -0.1) is 0 Å². The molecular formula is C11H12ClN3O. The molecule has 4 nitrogen and oxygen atoms in total. The highest BCUT2D eigenvalue weighted by Crippen LogP contribution is 2.28. The second kappa shape index (κ2) is 4.03. The maximum Gasteiger partial charge on any atom is 0.223 e. The number of ether oxygens (including phenoxy) is 1. The molecule has 0 amide bonds. The topological polar surface area (TPSA) is 50.8 Å². The lowest BCUT2D eigenvalue weighted by molar-refractivity contribution is 0.0846. The molecule has 0 radical (unpaired) electrons. The molecule has 1 fully saturated rings. The van der Waals surface area contributed by atoms with Gasteiger partial charge in [-0.2, -0.15) is 0 Å². The summed E-state index contributed by atoms with van der Waals surface area (Å²) in [5.41, 5.74) is 3.06. The zero-order valence-corrected chi connectivity index (χ0v) is 9.50. The number of halogens is 1. The minimum absolute atomic E-state index is 0.296. The van der Waals surface area contributed by atoms with E-state index < -0.39 is 0 Å². The molecule has 3 heterocycles. The third kappa shape index (κ3) is 1.79. The van der Waals surface area contributed by atoms with Gasteiger partial charge in [-0.05, 0) is 30.5 Å². The van der Waals surface area contributed by atoms with Crippen molar-refractivity contribution in [3.8, 4) is 0 Å². The molecule has 1 aliphatic heterocycles. The quantitative estimate of drug-likeness (QED) is 0.776. The van der Waals surface area contributed by atoms with E-state index in [1.165, 1.54) is 5.69 Å². The summed E-state index contributed by atoms with van der Waals surface area (Å²) in [5, 5.41) is 0.296. The van der Waals surface area contributed by atoms with Crippen molar-refractivity contribution in [3.05, 3.63) is 23.2 Å². The summed E-state index contributed by atoms with van der Waals surface area (Å²) in [4.78, 5) is 11.5. The van der Waals surface area contributed by atoms with E-state index in [0.717, 1.165) is 37.1 Å². The Morgan fingerprint density at radius 1 is 1.38 bits per heavy atom. The van der Waals surface area contributed by atoms with Gasteiger partial charge in [0.15, 0.2) is 0 Å². The number of hydrogen-bond donors (Lipinski definition) is 1. The highest BCUT2D eigenvalue weighted by atomic mass is 35.5. The van der Waals surface area contributed by atoms with Crippen LogP contribution >= 0.6 is 11.6 Å². The van der Waals surface area contributed by atoms with Crippen LogP contribution in [-0.4, -0.2) is 28.2 Å². The van der Waals surface area contributed by atoms with Gasteiger partial charge in [-0.3, -0.25) is 0 Å². The van der Waals surface area contributed by atoms with Gasteiger partial charge >= 0.3 is 0 Å². The van der Waals surface area contributed by atoms with Crippen LogP contribution < -0.4 is 0 Å². The number of H-pyrrole nitrogens is 1. The molecule has 0 bridgehead atoms. The molecule has 1 saturated heterocycles. The Morgan fingerprint density at radius 2 is 2.19 bits per heavy atom. The zero-order valence-electron chi connectivity index (χ0n) is 8.74. The first-order chi connectivity index (χ1) is 7.83. The molecule has 1 aliphatic rings. The third-order valence-electron chi connectivity index (χ3n) is 3.02. The Morgan fingerprint density at radius 3 is 3.00 bits per heavy atom. The van der Waals surface area contributed by atoms with Crippen molar-refractivity contribution in [1.29, 1.82) is 0 Å². The first kappa shape index (κ1) is 10.1. The molecule has 0 spiro atoms. The summed E-state index contributed by atoms with van der Waals surface area (Å²) >= 11 is 5.76. The van der Waals surface area contributed by atoms with Crippen molar-refractivity contribution in [2.24, 2.45) is 0 Å². The molecule has 0 aromatic carbocycles. The number of fused-ring (bicyclic) bond motifs is 1. The highest BCUT2D eigenvalue weighted by Gasteiger charge is 2.18. The lowest BCUT2D eigenvalue weighted by Crippen LogP contribution is -2.14. The molecule has 1 N–H and O–H groups in total. The predicted molar refractivity (Wildman–Crippen MR) is 61.7 cm³/mol. The van der Waals surface area contributed by atoms with Gasteiger partial charge in [0.1, 0.15) is 0 Å². The first-order valence-corrected chi connectivity index (χ1v) is 5.79. The molecule has 2 aromatic heterocycles. The Kier molecular flexibility index (Phi) is 2.53. The van der Waals surface area contributed by atoms with Crippen LogP contribution in [0, 0.1) is 0 Å². The second-order valence-electron chi connectivity index (χ2n) is 4.05. The van der Waals surface area contributed by atoms with Crippen molar-refractivity contribution < 1.29 is 4.74 Å². The van der Waals surface area contributed by atoms with Crippen LogP contribution in [0.2, 0.25) is 5.28 Å². The van der Waals surface area contributed by atoms with Gasteiger partial charge in [0.05, 0.1) is 17.2 Å². The normalized spacial score (nSPS) is 18.1. The summed E-state index contributed by atoms with van der Waals surface area (Å²) in [6.07, 6.45) is 3.86. The lowest BCUT2D eigenvalue weighted by atomic mass is 9.97. The van der Waals surface area contributed by atoms with Gasteiger partial charge in [-0.1, -0.05) is 0 Å². The average Bonchev–Trinajstić information content (AvgIpc) is 2.73. The summed E-state index contributed by atoms with van der Waals surface area (Å²) < 4.78 is 5.35. The molecule has 0 atom stereocenters. The Labute approximate surface area is 98.0 Å². The van der Waals surface area contributed by atoms with Gasteiger partial charge in [0.2, 0.25) is 5.28 Å².